The predicted molar refractivity (Wildman–Crippen MR) is 205 cm³/mol. The second kappa shape index (κ2) is 10.2. The first kappa shape index (κ1) is 27.7. The summed E-state index contributed by atoms with van der Waals surface area (Å²) in [7, 11) is 0. The van der Waals surface area contributed by atoms with E-state index < -0.39 is 5.41 Å². The normalized spacial score (nSPS) is 17.1. The van der Waals surface area contributed by atoms with E-state index in [9.17, 15) is 0 Å². The Morgan fingerprint density at radius 3 is 2.34 bits per heavy atom. The number of hydrogen-bond donors (Lipinski definition) is 0. The average molecular weight is 641 g/mol. The first-order chi connectivity index (χ1) is 24.8. The highest BCUT2D eigenvalue weighted by molar-refractivity contribution is 6.16. The van der Waals surface area contributed by atoms with E-state index in [0.29, 0.717) is 0 Å². The van der Waals surface area contributed by atoms with E-state index in [2.05, 4.69) is 163 Å². The maximum Gasteiger partial charge on any atom is 0.136 e. The van der Waals surface area contributed by atoms with E-state index in [4.69, 9.17) is 9.40 Å². The molecular formula is C47H32N2O. The summed E-state index contributed by atoms with van der Waals surface area (Å²) in [5.74, 6) is 1.08. The van der Waals surface area contributed by atoms with Crippen molar-refractivity contribution >= 4 is 44.2 Å². The van der Waals surface area contributed by atoms with Crippen molar-refractivity contribution in [2.24, 2.45) is 0 Å². The quantitative estimate of drug-likeness (QED) is 0.192. The highest BCUT2D eigenvalue weighted by Gasteiger charge is 2.52. The first-order valence-electron chi connectivity index (χ1n) is 17.6. The third-order valence-corrected chi connectivity index (χ3v) is 11.2. The van der Waals surface area contributed by atoms with Crippen LogP contribution in [0.4, 0.5) is 0 Å². The Bertz CT molecular complexity index is 2840. The Kier molecular flexibility index (Phi) is 5.64. The summed E-state index contributed by atoms with van der Waals surface area (Å²) in [6.45, 7) is 2.18. The largest absolute Gasteiger partial charge is 0.456 e. The van der Waals surface area contributed by atoms with Gasteiger partial charge in [0.1, 0.15) is 17.0 Å². The van der Waals surface area contributed by atoms with Crippen molar-refractivity contribution in [3.05, 3.63) is 185 Å². The zero-order valence-electron chi connectivity index (χ0n) is 27.7. The van der Waals surface area contributed by atoms with E-state index >= 15 is 0 Å². The second-order valence-corrected chi connectivity index (χ2v) is 13.7. The first-order valence-corrected chi connectivity index (χ1v) is 17.6. The van der Waals surface area contributed by atoms with Crippen molar-refractivity contribution in [3.8, 4) is 22.3 Å². The molecule has 3 heteroatoms. The Balaban J connectivity index is 1.15. The minimum Gasteiger partial charge on any atom is -0.456 e. The molecule has 0 fully saturated rings. The summed E-state index contributed by atoms with van der Waals surface area (Å²) < 4.78 is 8.75. The van der Waals surface area contributed by atoms with E-state index in [1.807, 2.05) is 0 Å². The molecular weight excluding hydrogens is 609 g/mol. The molecule has 0 saturated carbocycles. The van der Waals surface area contributed by atoms with Gasteiger partial charge in [0.15, 0.2) is 0 Å². The molecule has 1 unspecified atom stereocenters. The van der Waals surface area contributed by atoms with Gasteiger partial charge in [-0.25, -0.2) is 4.98 Å². The Labute approximate surface area is 290 Å². The summed E-state index contributed by atoms with van der Waals surface area (Å²) in [6.07, 6.45) is 10.9. The molecule has 1 spiro atoms. The third-order valence-electron chi connectivity index (χ3n) is 11.2. The molecule has 8 aromatic rings. The lowest BCUT2D eigenvalue weighted by Gasteiger charge is -2.30. The SMILES string of the molecule is CCc1nc2ccccc2n1C1=CC=C(c2ccc3c(c2)C2(c4ccccc4-3)c3ccccc3-c3c2ccc2oc4ccccc4c32)CC=C1. The molecule has 50 heavy (non-hydrogen) atoms. The Morgan fingerprint density at radius 2 is 1.44 bits per heavy atom. The van der Waals surface area contributed by atoms with E-state index in [-0.39, 0.29) is 0 Å². The lowest BCUT2D eigenvalue weighted by Crippen LogP contribution is -2.26. The molecule has 2 heterocycles. The lowest BCUT2D eigenvalue weighted by atomic mass is 9.70. The van der Waals surface area contributed by atoms with Crippen LogP contribution in [0.1, 0.15) is 47.0 Å². The van der Waals surface area contributed by atoms with Crippen LogP contribution >= 0.6 is 0 Å². The van der Waals surface area contributed by atoms with E-state index in [1.54, 1.807) is 0 Å². The van der Waals surface area contributed by atoms with Gasteiger partial charge in [-0.3, -0.25) is 4.57 Å². The summed E-state index contributed by atoms with van der Waals surface area (Å²) >= 11 is 0. The van der Waals surface area contributed by atoms with Gasteiger partial charge < -0.3 is 4.42 Å². The van der Waals surface area contributed by atoms with Crippen molar-refractivity contribution in [3.63, 3.8) is 0 Å². The van der Waals surface area contributed by atoms with Crippen LogP contribution in [0.2, 0.25) is 0 Å². The number of benzene rings is 6. The van der Waals surface area contributed by atoms with Gasteiger partial charge in [0.05, 0.1) is 16.4 Å². The molecule has 2 aromatic heterocycles. The molecule has 6 aromatic carbocycles. The number of imidazole rings is 1. The number of allylic oxidation sites excluding steroid dienone is 6. The highest BCUT2D eigenvalue weighted by atomic mass is 16.3. The number of hydrogen-bond acceptors (Lipinski definition) is 2. The van der Waals surface area contributed by atoms with Crippen molar-refractivity contribution < 1.29 is 4.42 Å². The topological polar surface area (TPSA) is 31.0 Å². The lowest BCUT2D eigenvalue weighted by molar-refractivity contribution is 0.668. The van der Waals surface area contributed by atoms with Gasteiger partial charge in [-0.2, -0.15) is 0 Å². The van der Waals surface area contributed by atoms with Crippen LogP contribution in [0.5, 0.6) is 0 Å². The maximum atomic E-state index is 6.44. The number of aryl methyl sites for hydroxylation is 1. The van der Waals surface area contributed by atoms with Crippen LogP contribution in [0.15, 0.2) is 156 Å². The van der Waals surface area contributed by atoms with Crippen molar-refractivity contribution in [2.45, 2.75) is 25.2 Å². The van der Waals surface area contributed by atoms with Gasteiger partial charge in [-0.05, 0) is 105 Å². The summed E-state index contributed by atoms with van der Waals surface area (Å²) in [6, 6.07) is 46.7. The summed E-state index contributed by atoms with van der Waals surface area (Å²) in [5.41, 5.74) is 17.9. The standard InChI is InChI=1S/C47H32N2O/c1-2-44-48-40-19-8-9-20-41(40)49(44)31-13-11-12-29(22-24-31)30-23-25-33-32-14-3-6-17-36(32)47(39(33)28-30)37-18-7-4-15-34(37)45-38(47)26-27-43-46(45)35-16-5-10-21-42(35)50-43/h3-11,13-28H,2,12H2,1H3. The second-order valence-electron chi connectivity index (χ2n) is 13.7. The number of rotatable bonds is 3. The van der Waals surface area contributed by atoms with E-state index in [1.165, 1.54) is 66.4 Å². The summed E-state index contributed by atoms with van der Waals surface area (Å²) in [4.78, 5) is 4.94. The van der Waals surface area contributed by atoms with Crippen LogP contribution in [0.3, 0.4) is 0 Å². The van der Waals surface area contributed by atoms with Gasteiger partial charge in [0.2, 0.25) is 0 Å². The zero-order chi connectivity index (χ0) is 33.0. The van der Waals surface area contributed by atoms with Crippen LogP contribution in [-0.2, 0) is 11.8 Å². The van der Waals surface area contributed by atoms with Crippen LogP contribution in [0.25, 0.3) is 66.5 Å². The molecule has 3 nitrogen and oxygen atoms in total. The van der Waals surface area contributed by atoms with Crippen molar-refractivity contribution in [1.29, 1.82) is 0 Å². The molecule has 3 aliphatic rings. The highest BCUT2D eigenvalue weighted by Crippen LogP contribution is 2.64. The molecule has 0 bridgehead atoms. The third kappa shape index (κ3) is 3.51. The van der Waals surface area contributed by atoms with E-state index in [0.717, 1.165) is 46.6 Å². The molecule has 0 amide bonds. The molecule has 0 aliphatic heterocycles. The molecule has 11 rings (SSSR count). The van der Waals surface area contributed by atoms with Crippen LogP contribution in [-0.4, -0.2) is 9.55 Å². The van der Waals surface area contributed by atoms with Gasteiger partial charge in [0, 0.05) is 22.9 Å². The Morgan fingerprint density at radius 1 is 0.680 bits per heavy atom. The molecule has 0 radical (unpaired) electrons. The average Bonchev–Trinajstić information content (AvgIpc) is 3.84. The zero-order valence-corrected chi connectivity index (χ0v) is 27.7. The minimum atomic E-state index is -0.436. The van der Waals surface area contributed by atoms with Crippen LogP contribution < -0.4 is 0 Å². The fourth-order valence-corrected chi connectivity index (χ4v) is 9.22. The van der Waals surface area contributed by atoms with Crippen molar-refractivity contribution in [2.75, 3.05) is 0 Å². The molecule has 3 aliphatic carbocycles. The maximum absolute atomic E-state index is 6.44. The number of aromatic nitrogens is 2. The predicted octanol–water partition coefficient (Wildman–Crippen LogP) is 11.7. The fraction of sp³-hybridized carbons (Fsp3) is 0.0851. The molecule has 1 atom stereocenters. The molecule has 236 valence electrons. The van der Waals surface area contributed by atoms with Gasteiger partial charge in [-0.15, -0.1) is 0 Å². The van der Waals surface area contributed by atoms with Gasteiger partial charge in [0.25, 0.3) is 0 Å². The number of fused-ring (bicyclic) bond motifs is 15. The summed E-state index contributed by atoms with van der Waals surface area (Å²) in [5, 5.41) is 2.37. The molecule has 0 N–H and O–H groups in total. The van der Waals surface area contributed by atoms with Crippen molar-refractivity contribution in [1.82, 2.24) is 9.55 Å². The molecule has 0 saturated heterocycles. The van der Waals surface area contributed by atoms with Gasteiger partial charge in [-0.1, -0.05) is 116 Å². The minimum absolute atomic E-state index is 0.436. The Hall–Kier alpha value is -6.19. The smallest absolute Gasteiger partial charge is 0.136 e. The number of para-hydroxylation sites is 3. The number of furan rings is 1. The van der Waals surface area contributed by atoms with Gasteiger partial charge >= 0.3 is 0 Å². The van der Waals surface area contributed by atoms with Crippen LogP contribution in [0, 0.1) is 0 Å². The fourth-order valence-electron chi connectivity index (χ4n) is 9.22. The monoisotopic (exact) mass is 640 g/mol. The number of nitrogens with zero attached hydrogens (tertiary/aromatic N) is 2.